The van der Waals surface area contributed by atoms with E-state index < -0.39 is 0 Å². The Morgan fingerprint density at radius 1 is 1.35 bits per heavy atom. The molecule has 122 valence electrons. The van der Waals surface area contributed by atoms with Gasteiger partial charge in [-0.1, -0.05) is 0 Å². The summed E-state index contributed by atoms with van der Waals surface area (Å²) in [5.41, 5.74) is 1.77. The lowest BCUT2D eigenvalue weighted by Gasteiger charge is -2.24. The lowest BCUT2D eigenvalue weighted by Crippen LogP contribution is -2.38. The molecule has 2 aromatic rings. The van der Waals surface area contributed by atoms with Gasteiger partial charge < -0.3 is 14.2 Å². The predicted molar refractivity (Wildman–Crippen MR) is 84.8 cm³/mol. The van der Waals surface area contributed by atoms with Crippen molar-refractivity contribution < 1.29 is 9.53 Å². The average molecular weight is 314 g/mol. The molecule has 4 rings (SSSR count). The van der Waals surface area contributed by atoms with Crippen LogP contribution in [0.15, 0.2) is 30.6 Å². The van der Waals surface area contributed by atoms with Crippen molar-refractivity contribution in [2.45, 2.75) is 32.0 Å². The second-order valence-corrected chi connectivity index (χ2v) is 6.59. The molecule has 0 bridgehead atoms. The second-order valence-electron chi connectivity index (χ2n) is 6.59. The molecule has 0 saturated heterocycles. The summed E-state index contributed by atoms with van der Waals surface area (Å²) in [6, 6.07) is 5.75. The second kappa shape index (κ2) is 5.85. The minimum absolute atomic E-state index is 0.000897. The molecular weight excluding hydrogens is 292 g/mol. The number of aromatic nitrogens is 3. The topological polar surface area (TPSA) is 52.3 Å². The minimum atomic E-state index is 0.000897. The van der Waals surface area contributed by atoms with Crippen molar-refractivity contribution in [3.05, 3.63) is 42.0 Å². The van der Waals surface area contributed by atoms with E-state index in [4.69, 9.17) is 4.74 Å². The third-order valence-electron chi connectivity index (χ3n) is 4.67. The van der Waals surface area contributed by atoms with Gasteiger partial charge in [-0.3, -0.25) is 9.48 Å². The highest BCUT2D eigenvalue weighted by Crippen LogP contribution is 2.29. The average Bonchev–Trinajstić information content (AvgIpc) is 3.18. The molecular formula is C17H22N4O2. The highest BCUT2D eigenvalue weighted by atomic mass is 16.5. The van der Waals surface area contributed by atoms with Crippen LogP contribution in [0.1, 0.15) is 29.0 Å². The van der Waals surface area contributed by atoms with Crippen LogP contribution in [0.4, 0.5) is 0 Å². The van der Waals surface area contributed by atoms with Crippen molar-refractivity contribution in [1.29, 1.82) is 0 Å². The Kier molecular flexibility index (Phi) is 3.69. The van der Waals surface area contributed by atoms with E-state index >= 15 is 0 Å². The van der Waals surface area contributed by atoms with Gasteiger partial charge in [0, 0.05) is 32.6 Å². The molecule has 1 fully saturated rings. The molecule has 2 aromatic heterocycles. The molecule has 2 aliphatic rings. The molecule has 23 heavy (non-hydrogen) atoms. The van der Waals surface area contributed by atoms with Gasteiger partial charge in [0.1, 0.15) is 5.69 Å². The van der Waals surface area contributed by atoms with E-state index in [1.54, 1.807) is 6.20 Å². The third kappa shape index (κ3) is 3.03. The number of hydrogen-bond donors (Lipinski definition) is 0. The van der Waals surface area contributed by atoms with Crippen molar-refractivity contribution in [1.82, 2.24) is 19.2 Å². The van der Waals surface area contributed by atoms with E-state index in [1.165, 1.54) is 12.8 Å². The Morgan fingerprint density at radius 2 is 2.22 bits per heavy atom. The normalized spacial score (nSPS) is 21.1. The molecule has 1 amide bonds. The maximum absolute atomic E-state index is 12.9. The standard InChI is InChI=1S/C17H22N4O2/c1-19-8-2-3-16(19)17(22)20-9-14-6-7-18-21(14)11-15(10-20)23-12-13-4-5-13/h2-3,6-8,13,15H,4-5,9-12H2,1H3. The first-order chi connectivity index (χ1) is 11.2. The van der Waals surface area contributed by atoms with Crippen LogP contribution in [-0.2, 0) is 24.9 Å². The van der Waals surface area contributed by atoms with Gasteiger partial charge in [0.05, 0.1) is 24.9 Å². The fourth-order valence-electron chi connectivity index (χ4n) is 3.08. The minimum Gasteiger partial charge on any atom is -0.374 e. The van der Waals surface area contributed by atoms with Crippen molar-refractivity contribution in [3.63, 3.8) is 0 Å². The van der Waals surface area contributed by atoms with E-state index in [1.807, 2.05) is 45.6 Å². The fourth-order valence-corrected chi connectivity index (χ4v) is 3.08. The molecule has 6 heteroatoms. The van der Waals surface area contributed by atoms with Gasteiger partial charge in [0.25, 0.3) is 5.91 Å². The first kappa shape index (κ1) is 14.5. The Bertz CT molecular complexity index is 701. The van der Waals surface area contributed by atoms with Crippen LogP contribution in [-0.4, -0.2) is 44.4 Å². The van der Waals surface area contributed by atoms with Gasteiger partial charge in [0.15, 0.2) is 0 Å². The van der Waals surface area contributed by atoms with Crippen molar-refractivity contribution in [2.75, 3.05) is 13.2 Å². The number of amides is 1. The lowest BCUT2D eigenvalue weighted by molar-refractivity contribution is 0.0134. The third-order valence-corrected chi connectivity index (χ3v) is 4.67. The molecule has 1 aliphatic carbocycles. The number of carbonyl (C=O) groups is 1. The van der Waals surface area contributed by atoms with Gasteiger partial charge in [-0.2, -0.15) is 5.10 Å². The smallest absolute Gasteiger partial charge is 0.270 e. The SMILES string of the molecule is Cn1cccc1C(=O)N1Cc2ccnn2CC(OCC2CC2)C1. The Hall–Kier alpha value is -2.08. The van der Waals surface area contributed by atoms with E-state index in [0.717, 1.165) is 12.3 Å². The zero-order chi connectivity index (χ0) is 15.8. The molecule has 0 radical (unpaired) electrons. The highest BCUT2D eigenvalue weighted by Gasteiger charge is 2.29. The summed E-state index contributed by atoms with van der Waals surface area (Å²) in [7, 11) is 1.90. The van der Waals surface area contributed by atoms with Crippen LogP contribution in [0.25, 0.3) is 0 Å². The molecule has 0 aromatic carbocycles. The van der Waals surface area contributed by atoms with Crippen LogP contribution < -0.4 is 0 Å². The zero-order valence-electron chi connectivity index (χ0n) is 13.4. The van der Waals surface area contributed by atoms with Crippen molar-refractivity contribution in [2.24, 2.45) is 13.0 Å². The summed E-state index contributed by atoms with van der Waals surface area (Å²) in [6.07, 6.45) is 6.23. The van der Waals surface area contributed by atoms with Gasteiger partial charge in [-0.25, -0.2) is 0 Å². The summed E-state index contributed by atoms with van der Waals surface area (Å²) in [6.45, 7) is 2.70. The molecule has 3 heterocycles. The van der Waals surface area contributed by atoms with Gasteiger partial charge in [0.2, 0.25) is 0 Å². The number of aryl methyl sites for hydroxylation is 1. The largest absolute Gasteiger partial charge is 0.374 e. The van der Waals surface area contributed by atoms with Crippen molar-refractivity contribution >= 4 is 5.91 Å². The van der Waals surface area contributed by atoms with Crippen LogP contribution in [0.2, 0.25) is 0 Å². The molecule has 0 N–H and O–H groups in total. The first-order valence-electron chi connectivity index (χ1n) is 8.23. The van der Waals surface area contributed by atoms with Gasteiger partial charge in [-0.15, -0.1) is 0 Å². The number of ether oxygens (including phenoxy) is 1. The maximum Gasteiger partial charge on any atom is 0.270 e. The quantitative estimate of drug-likeness (QED) is 0.862. The van der Waals surface area contributed by atoms with Gasteiger partial charge >= 0.3 is 0 Å². The number of hydrogen-bond acceptors (Lipinski definition) is 3. The van der Waals surface area contributed by atoms with Crippen molar-refractivity contribution in [3.8, 4) is 0 Å². The summed E-state index contributed by atoms with van der Waals surface area (Å²) in [4.78, 5) is 14.8. The Morgan fingerprint density at radius 3 is 2.96 bits per heavy atom. The van der Waals surface area contributed by atoms with E-state index in [-0.39, 0.29) is 12.0 Å². The monoisotopic (exact) mass is 314 g/mol. The number of carbonyl (C=O) groups excluding carboxylic acids is 1. The van der Waals surface area contributed by atoms with E-state index in [0.29, 0.717) is 31.2 Å². The van der Waals surface area contributed by atoms with E-state index in [2.05, 4.69) is 5.10 Å². The highest BCUT2D eigenvalue weighted by molar-refractivity contribution is 5.92. The lowest BCUT2D eigenvalue weighted by atomic mass is 10.2. The Balaban J connectivity index is 1.55. The van der Waals surface area contributed by atoms with Crippen LogP contribution in [0.5, 0.6) is 0 Å². The summed E-state index contributed by atoms with van der Waals surface area (Å²) in [5.74, 6) is 0.763. The van der Waals surface area contributed by atoms with Gasteiger partial charge in [-0.05, 0) is 37.0 Å². The Labute approximate surface area is 135 Å². The summed E-state index contributed by atoms with van der Waals surface area (Å²) in [5, 5.41) is 4.38. The first-order valence-corrected chi connectivity index (χ1v) is 8.23. The zero-order valence-corrected chi connectivity index (χ0v) is 13.4. The van der Waals surface area contributed by atoms with Crippen LogP contribution in [0.3, 0.4) is 0 Å². The molecule has 1 atom stereocenters. The molecule has 1 saturated carbocycles. The van der Waals surface area contributed by atoms with Crippen LogP contribution in [0, 0.1) is 5.92 Å². The predicted octanol–water partition coefficient (Wildman–Crippen LogP) is 1.67. The molecule has 6 nitrogen and oxygen atoms in total. The number of nitrogens with zero attached hydrogens (tertiary/aromatic N) is 4. The molecule has 1 unspecified atom stereocenters. The number of rotatable bonds is 4. The fraction of sp³-hybridized carbons (Fsp3) is 0.529. The molecule has 0 spiro atoms. The summed E-state index contributed by atoms with van der Waals surface area (Å²) < 4.78 is 9.91. The van der Waals surface area contributed by atoms with Crippen LogP contribution >= 0.6 is 0 Å². The maximum atomic E-state index is 12.9. The number of fused-ring (bicyclic) bond motifs is 1. The summed E-state index contributed by atoms with van der Waals surface area (Å²) >= 11 is 0. The van der Waals surface area contributed by atoms with E-state index in [9.17, 15) is 4.79 Å². The molecule has 1 aliphatic heterocycles.